The van der Waals surface area contributed by atoms with E-state index >= 15 is 0 Å². The molecule has 1 fully saturated rings. The summed E-state index contributed by atoms with van der Waals surface area (Å²) in [7, 11) is 0. The Kier molecular flexibility index (Phi) is 4.03. The number of likely N-dealkylation sites (tertiary alicyclic amines) is 1. The fourth-order valence-electron chi connectivity index (χ4n) is 2.83. The Balaban J connectivity index is 1.84. The molecule has 0 aliphatic carbocycles. The average Bonchev–Trinajstić information content (AvgIpc) is 2.95. The Bertz CT molecular complexity index is 649. The fourth-order valence-corrected chi connectivity index (χ4v) is 3.51. The quantitative estimate of drug-likeness (QED) is 0.694. The van der Waals surface area contributed by atoms with Gasteiger partial charge in [-0.15, -0.1) is 11.3 Å². The molecule has 3 rings (SSSR count). The lowest BCUT2D eigenvalue weighted by Crippen LogP contribution is -2.38. The SMILES string of the molecule is CCN1CCC(Nc2ccc3scnc3c2[N+](=O)[O-])CC1. The zero-order chi connectivity index (χ0) is 14.8. The van der Waals surface area contributed by atoms with Crippen LogP contribution in [-0.4, -0.2) is 40.5 Å². The van der Waals surface area contributed by atoms with Crippen LogP contribution in [-0.2, 0) is 0 Å². The van der Waals surface area contributed by atoms with E-state index in [2.05, 4.69) is 22.1 Å². The van der Waals surface area contributed by atoms with Gasteiger partial charge >= 0.3 is 5.69 Å². The van der Waals surface area contributed by atoms with Crippen LogP contribution in [0.5, 0.6) is 0 Å². The van der Waals surface area contributed by atoms with Crippen LogP contribution in [0.3, 0.4) is 0 Å². The molecular formula is C14H18N4O2S. The van der Waals surface area contributed by atoms with E-state index in [0.29, 0.717) is 17.2 Å². The van der Waals surface area contributed by atoms with Crippen LogP contribution < -0.4 is 5.32 Å². The van der Waals surface area contributed by atoms with Gasteiger partial charge in [0.1, 0.15) is 5.69 Å². The molecule has 1 aliphatic heterocycles. The Morgan fingerprint density at radius 3 is 2.90 bits per heavy atom. The van der Waals surface area contributed by atoms with Crippen molar-refractivity contribution in [2.24, 2.45) is 0 Å². The number of aromatic nitrogens is 1. The Labute approximate surface area is 126 Å². The molecule has 0 bridgehead atoms. The molecule has 1 aromatic carbocycles. The first-order chi connectivity index (χ1) is 10.2. The van der Waals surface area contributed by atoms with Gasteiger partial charge in [-0.2, -0.15) is 0 Å². The number of nitrogens with zero attached hydrogens (tertiary/aromatic N) is 3. The zero-order valence-electron chi connectivity index (χ0n) is 11.9. The number of anilines is 1. The van der Waals surface area contributed by atoms with Crippen LogP contribution in [0, 0.1) is 10.1 Å². The first kappa shape index (κ1) is 14.2. The van der Waals surface area contributed by atoms with Crippen molar-refractivity contribution in [2.45, 2.75) is 25.8 Å². The van der Waals surface area contributed by atoms with Crippen LogP contribution in [0.25, 0.3) is 10.2 Å². The molecule has 1 aliphatic rings. The number of nitrogens with one attached hydrogen (secondary N) is 1. The third-order valence-electron chi connectivity index (χ3n) is 4.05. The second kappa shape index (κ2) is 5.95. The van der Waals surface area contributed by atoms with Crippen LogP contribution in [0.1, 0.15) is 19.8 Å². The molecule has 1 saturated heterocycles. The maximum Gasteiger partial charge on any atom is 0.319 e. The van der Waals surface area contributed by atoms with Crippen LogP contribution in [0.2, 0.25) is 0 Å². The Hall–Kier alpha value is -1.73. The monoisotopic (exact) mass is 306 g/mol. The number of nitro groups is 1. The van der Waals surface area contributed by atoms with E-state index in [-0.39, 0.29) is 10.6 Å². The number of fused-ring (bicyclic) bond motifs is 1. The molecule has 2 heterocycles. The lowest BCUT2D eigenvalue weighted by Gasteiger charge is -2.31. The molecule has 0 amide bonds. The Morgan fingerprint density at radius 2 is 2.24 bits per heavy atom. The molecule has 0 unspecified atom stereocenters. The van der Waals surface area contributed by atoms with E-state index in [1.165, 1.54) is 11.3 Å². The molecule has 21 heavy (non-hydrogen) atoms. The number of hydrogen-bond donors (Lipinski definition) is 1. The van der Waals surface area contributed by atoms with Gasteiger partial charge < -0.3 is 10.2 Å². The van der Waals surface area contributed by atoms with E-state index < -0.39 is 0 Å². The van der Waals surface area contributed by atoms with Gasteiger partial charge in [0.2, 0.25) is 0 Å². The third kappa shape index (κ3) is 2.84. The van der Waals surface area contributed by atoms with Gasteiger partial charge in [0.25, 0.3) is 0 Å². The molecule has 1 N–H and O–H groups in total. The first-order valence-electron chi connectivity index (χ1n) is 7.18. The highest BCUT2D eigenvalue weighted by molar-refractivity contribution is 7.16. The number of benzene rings is 1. The van der Waals surface area contributed by atoms with Gasteiger partial charge in [-0.25, -0.2) is 4.98 Å². The maximum absolute atomic E-state index is 11.4. The summed E-state index contributed by atoms with van der Waals surface area (Å²) in [5.41, 5.74) is 2.84. The minimum atomic E-state index is -0.328. The fraction of sp³-hybridized carbons (Fsp3) is 0.500. The molecule has 0 saturated carbocycles. The van der Waals surface area contributed by atoms with Gasteiger partial charge in [0.05, 0.1) is 15.1 Å². The summed E-state index contributed by atoms with van der Waals surface area (Å²) >= 11 is 1.43. The molecule has 1 aromatic heterocycles. The van der Waals surface area contributed by atoms with Crippen molar-refractivity contribution in [1.29, 1.82) is 0 Å². The van der Waals surface area contributed by atoms with Gasteiger partial charge in [-0.1, -0.05) is 6.92 Å². The lowest BCUT2D eigenvalue weighted by atomic mass is 10.0. The number of hydrogen-bond acceptors (Lipinski definition) is 6. The number of piperidine rings is 1. The minimum Gasteiger partial charge on any atom is -0.377 e. The zero-order valence-corrected chi connectivity index (χ0v) is 12.7. The van der Waals surface area contributed by atoms with Gasteiger partial charge in [0, 0.05) is 19.1 Å². The van der Waals surface area contributed by atoms with Crippen molar-refractivity contribution >= 4 is 32.9 Å². The van der Waals surface area contributed by atoms with Crippen molar-refractivity contribution < 1.29 is 4.92 Å². The van der Waals surface area contributed by atoms with Crippen molar-refractivity contribution in [2.75, 3.05) is 25.0 Å². The van der Waals surface area contributed by atoms with Crippen molar-refractivity contribution in [3.05, 3.63) is 27.8 Å². The maximum atomic E-state index is 11.4. The van der Waals surface area contributed by atoms with E-state index in [1.54, 1.807) is 5.51 Å². The molecular weight excluding hydrogens is 288 g/mol. The Morgan fingerprint density at radius 1 is 1.48 bits per heavy atom. The highest BCUT2D eigenvalue weighted by atomic mass is 32.1. The normalized spacial score (nSPS) is 17.2. The summed E-state index contributed by atoms with van der Waals surface area (Å²) in [5, 5.41) is 14.7. The second-order valence-electron chi connectivity index (χ2n) is 5.27. The second-order valence-corrected chi connectivity index (χ2v) is 6.16. The topological polar surface area (TPSA) is 71.3 Å². The summed E-state index contributed by atoms with van der Waals surface area (Å²) in [6, 6.07) is 4.01. The minimum absolute atomic E-state index is 0.103. The molecule has 7 heteroatoms. The van der Waals surface area contributed by atoms with E-state index in [1.807, 2.05) is 12.1 Å². The largest absolute Gasteiger partial charge is 0.377 e. The summed E-state index contributed by atoms with van der Waals surface area (Å²) in [6.07, 6.45) is 2.03. The third-order valence-corrected chi connectivity index (χ3v) is 4.85. The van der Waals surface area contributed by atoms with Gasteiger partial charge in [0.15, 0.2) is 5.52 Å². The number of thiazole rings is 1. The molecule has 2 aromatic rings. The molecule has 0 spiro atoms. The van der Waals surface area contributed by atoms with Crippen LogP contribution in [0.4, 0.5) is 11.4 Å². The molecule has 6 nitrogen and oxygen atoms in total. The number of rotatable bonds is 4. The van der Waals surface area contributed by atoms with Crippen molar-refractivity contribution in [3.8, 4) is 0 Å². The van der Waals surface area contributed by atoms with Crippen molar-refractivity contribution in [3.63, 3.8) is 0 Å². The number of nitro benzene ring substituents is 1. The van der Waals surface area contributed by atoms with Crippen molar-refractivity contribution in [1.82, 2.24) is 9.88 Å². The summed E-state index contributed by atoms with van der Waals surface area (Å²) < 4.78 is 0.855. The highest BCUT2D eigenvalue weighted by Crippen LogP contribution is 2.35. The predicted molar refractivity (Wildman–Crippen MR) is 85.0 cm³/mol. The summed E-state index contributed by atoms with van der Waals surface area (Å²) in [6.45, 7) is 5.31. The van der Waals surface area contributed by atoms with E-state index in [0.717, 1.165) is 37.2 Å². The summed E-state index contributed by atoms with van der Waals surface area (Å²) in [5.74, 6) is 0. The van der Waals surface area contributed by atoms with Crippen LogP contribution in [0.15, 0.2) is 17.6 Å². The predicted octanol–water partition coefficient (Wildman–Crippen LogP) is 3.10. The standard InChI is InChI=1S/C14H18N4O2S/c1-2-17-7-5-10(6-8-17)16-11-3-4-12-13(15-9-21-12)14(11)18(19)20/h3-4,9-10,16H,2,5-8H2,1H3. The van der Waals surface area contributed by atoms with Gasteiger partial charge in [-0.3, -0.25) is 10.1 Å². The van der Waals surface area contributed by atoms with E-state index in [4.69, 9.17) is 0 Å². The average molecular weight is 306 g/mol. The highest BCUT2D eigenvalue weighted by Gasteiger charge is 2.24. The molecule has 112 valence electrons. The molecule has 0 atom stereocenters. The first-order valence-corrected chi connectivity index (χ1v) is 8.06. The molecule has 0 radical (unpaired) electrons. The van der Waals surface area contributed by atoms with Gasteiger partial charge in [-0.05, 0) is 31.5 Å². The smallest absolute Gasteiger partial charge is 0.319 e. The summed E-state index contributed by atoms with van der Waals surface area (Å²) in [4.78, 5) is 17.6. The lowest BCUT2D eigenvalue weighted by molar-refractivity contribution is -0.382. The van der Waals surface area contributed by atoms with Crippen LogP contribution >= 0.6 is 11.3 Å². The van der Waals surface area contributed by atoms with E-state index in [9.17, 15) is 10.1 Å².